The van der Waals surface area contributed by atoms with E-state index in [-0.39, 0.29) is 0 Å². The van der Waals surface area contributed by atoms with Gasteiger partial charge < -0.3 is 15.1 Å². The van der Waals surface area contributed by atoms with Gasteiger partial charge in [0.2, 0.25) is 0 Å². The molecule has 2 aliphatic heterocycles. The van der Waals surface area contributed by atoms with E-state index < -0.39 is 0 Å². The number of likely N-dealkylation sites (tertiary alicyclic amines) is 2. The van der Waals surface area contributed by atoms with Gasteiger partial charge >= 0.3 is 0 Å². The molecule has 1 aromatic rings. The fourth-order valence-electron chi connectivity index (χ4n) is 3.81. The molecule has 24 heavy (non-hydrogen) atoms. The summed E-state index contributed by atoms with van der Waals surface area (Å²) in [5.41, 5.74) is 2.40. The van der Waals surface area contributed by atoms with Crippen LogP contribution in [0.4, 0.5) is 5.82 Å². The van der Waals surface area contributed by atoms with Crippen LogP contribution in [0.2, 0.25) is 0 Å². The number of rotatable bonds is 3. The summed E-state index contributed by atoms with van der Waals surface area (Å²) in [5.74, 6) is 0.651. The van der Waals surface area contributed by atoms with Crippen LogP contribution in [0.25, 0.3) is 0 Å². The number of hydrogen-bond donors (Lipinski definition) is 1. The number of aryl methyl sites for hydroxylation is 1. The summed E-state index contributed by atoms with van der Waals surface area (Å²) in [4.78, 5) is 5.08. The lowest BCUT2D eigenvalue weighted by Gasteiger charge is -2.41. The molecule has 2 saturated heterocycles. The van der Waals surface area contributed by atoms with Crippen molar-refractivity contribution in [2.75, 3.05) is 38.5 Å². The summed E-state index contributed by atoms with van der Waals surface area (Å²) in [6, 6.07) is 3.41. The van der Waals surface area contributed by atoms with Gasteiger partial charge in [-0.15, -0.1) is 5.10 Å². The zero-order chi connectivity index (χ0) is 17.1. The third kappa shape index (κ3) is 3.68. The van der Waals surface area contributed by atoms with Crippen LogP contribution in [0.3, 0.4) is 0 Å². The normalized spacial score (nSPS) is 21.6. The van der Waals surface area contributed by atoms with E-state index in [2.05, 4.69) is 38.4 Å². The summed E-state index contributed by atoms with van der Waals surface area (Å²) in [5, 5.41) is 21.3. The van der Waals surface area contributed by atoms with E-state index in [4.69, 9.17) is 0 Å². The number of piperidine rings is 2. The molecule has 3 heterocycles. The molecule has 0 bridgehead atoms. The summed E-state index contributed by atoms with van der Waals surface area (Å²) in [6.45, 7) is 8.53. The van der Waals surface area contributed by atoms with Crippen molar-refractivity contribution in [3.8, 4) is 6.07 Å². The van der Waals surface area contributed by atoms with Crippen molar-refractivity contribution in [2.24, 2.45) is 0 Å². The lowest BCUT2D eigenvalue weighted by Crippen LogP contribution is -2.48. The smallest absolute Gasteiger partial charge is 0.167 e. The van der Waals surface area contributed by atoms with Crippen LogP contribution in [0.1, 0.15) is 42.5 Å². The Kier molecular flexibility index (Phi) is 5.32. The van der Waals surface area contributed by atoms with Crippen LogP contribution in [0.5, 0.6) is 0 Å². The monoisotopic (exact) mass is 328 g/mol. The summed E-state index contributed by atoms with van der Waals surface area (Å²) in [7, 11) is 2.21. The number of aromatic nitrogens is 2. The maximum absolute atomic E-state index is 9.42. The SMILES string of the molecule is Cc1nnc(NC2CCN(C3CCN(C)CC3)CC2)c(C#N)c1C. The third-order valence-electron chi connectivity index (χ3n) is 5.64. The molecular formula is C18H28N6. The van der Waals surface area contributed by atoms with Crippen molar-refractivity contribution in [1.29, 1.82) is 5.26 Å². The molecule has 0 unspecified atom stereocenters. The van der Waals surface area contributed by atoms with E-state index in [1.54, 1.807) is 0 Å². The van der Waals surface area contributed by atoms with Crippen LogP contribution in [0, 0.1) is 25.2 Å². The van der Waals surface area contributed by atoms with Gasteiger partial charge in [0.15, 0.2) is 5.82 Å². The molecule has 0 saturated carbocycles. The van der Waals surface area contributed by atoms with Gasteiger partial charge in [0, 0.05) is 25.2 Å². The molecule has 130 valence electrons. The maximum atomic E-state index is 9.42. The Hall–Kier alpha value is -1.71. The van der Waals surface area contributed by atoms with Gasteiger partial charge in [-0.05, 0) is 65.2 Å². The van der Waals surface area contributed by atoms with E-state index in [1.807, 2.05) is 13.8 Å². The molecule has 6 nitrogen and oxygen atoms in total. The van der Waals surface area contributed by atoms with Crippen LogP contribution in [-0.2, 0) is 0 Å². The van der Waals surface area contributed by atoms with E-state index in [0.29, 0.717) is 17.4 Å². The van der Waals surface area contributed by atoms with E-state index >= 15 is 0 Å². The first-order chi connectivity index (χ1) is 11.6. The molecule has 0 aromatic carbocycles. The van der Waals surface area contributed by atoms with Gasteiger partial charge in [0.05, 0.1) is 5.69 Å². The van der Waals surface area contributed by atoms with Gasteiger partial charge in [-0.25, -0.2) is 0 Å². The molecule has 0 spiro atoms. The molecule has 0 atom stereocenters. The molecule has 1 N–H and O–H groups in total. The first kappa shape index (κ1) is 17.1. The van der Waals surface area contributed by atoms with Crippen LogP contribution in [0.15, 0.2) is 0 Å². The van der Waals surface area contributed by atoms with Gasteiger partial charge in [-0.2, -0.15) is 10.4 Å². The second-order valence-corrected chi connectivity index (χ2v) is 7.23. The second kappa shape index (κ2) is 7.45. The van der Waals surface area contributed by atoms with Crippen LogP contribution >= 0.6 is 0 Å². The minimum atomic E-state index is 0.385. The van der Waals surface area contributed by atoms with E-state index in [9.17, 15) is 5.26 Å². The molecule has 0 radical (unpaired) electrons. The van der Waals surface area contributed by atoms with Crippen molar-refractivity contribution >= 4 is 5.82 Å². The van der Waals surface area contributed by atoms with Gasteiger partial charge in [0.25, 0.3) is 0 Å². The Balaban J connectivity index is 1.56. The van der Waals surface area contributed by atoms with Crippen LogP contribution in [-0.4, -0.2) is 65.3 Å². The van der Waals surface area contributed by atoms with Crippen molar-refractivity contribution in [1.82, 2.24) is 20.0 Å². The maximum Gasteiger partial charge on any atom is 0.167 e. The van der Waals surface area contributed by atoms with Gasteiger partial charge in [-0.1, -0.05) is 0 Å². The minimum Gasteiger partial charge on any atom is -0.365 e. The number of anilines is 1. The first-order valence-corrected chi connectivity index (χ1v) is 9.01. The molecular weight excluding hydrogens is 300 g/mol. The first-order valence-electron chi connectivity index (χ1n) is 9.01. The quantitative estimate of drug-likeness (QED) is 0.914. The predicted octanol–water partition coefficient (Wildman–Crippen LogP) is 1.94. The largest absolute Gasteiger partial charge is 0.365 e. The lowest BCUT2D eigenvalue weighted by atomic mass is 9.98. The van der Waals surface area contributed by atoms with Crippen molar-refractivity contribution < 1.29 is 0 Å². The summed E-state index contributed by atoms with van der Waals surface area (Å²) in [6.07, 6.45) is 4.78. The molecule has 3 rings (SSSR count). The van der Waals surface area contributed by atoms with Crippen molar-refractivity contribution in [3.05, 3.63) is 16.8 Å². The Bertz CT molecular complexity index is 607. The molecule has 1 aromatic heterocycles. The zero-order valence-corrected chi connectivity index (χ0v) is 15.0. The molecule has 0 amide bonds. The highest BCUT2D eigenvalue weighted by atomic mass is 15.2. The average molecular weight is 328 g/mol. The Morgan fingerprint density at radius 2 is 1.71 bits per heavy atom. The fraction of sp³-hybridized carbons (Fsp3) is 0.722. The Morgan fingerprint density at radius 3 is 2.33 bits per heavy atom. The second-order valence-electron chi connectivity index (χ2n) is 7.23. The fourth-order valence-corrected chi connectivity index (χ4v) is 3.81. The molecule has 2 aliphatic rings. The number of hydrogen-bond acceptors (Lipinski definition) is 6. The standard InChI is InChI=1S/C18H28N6/c1-13-14(2)21-22-18(17(13)12-19)20-15-4-10-24(11-5-15)16-6-8-23(3)9-7-16/h15-16H,4-11H2,1-3H3,(H,20,22). The van der Waals surface area contributed by atoms with Crippen molar-refractivity contribution in [2.45, 2.75) is 51.6 Å². The zero-order valence-electron chi connectivity index (χ0n) is 15.0. The Labute approximate surface area is 144 Å². The Morgan fingerprint density at radius 1 is 1.04 bits per heavy atom. The van der Waals surface area contributed by atoms with Crippen molar-refractivity contribution in [3.63, 3.8) is 0 Å². The molecule has 0 aliphatic carbocycles. The summed E-state index contributed by atoms with van der Waals surface area (Å²) >= 11 is 0. The topological polar surface area (TPSA) is 68.1 Å². The lowest BCUT2D eigenvalue weighted by molar-refractivity contribution is 0.0993. The minimum absolute atomic E-state index is 0.385. The highest BCUT2D eigenvalue weighted by molar-refractivity contribution is 5.56. The highest BCUT2D eigenvalue weighted by Crippen LogP contribution is 2.24. The predicted molar refractivity (Wildman–Crippen MR) is 95.0 cm³/mol. The number of nitrogens with one attached hydrogen (secondary N) is 1. The highest BCUT2D eigenvalue weighted by Gasteiger charge is 2.28. The average Bonchev–Trinajstić information content (AvgIpc) is 2.60. The number of nitrogens with zero attached hydrogens (tertiary/aromatic N) is 5. The van der Waals surface area contributed by atoms with Gasteiger partial charge in [0.1, 0.15) is 11.6 Å². The molecule has 6 heteroatoms. The summed E-state index contributed by atoms with van der Waals surface area (Å²) < 4.78 is 0. The van der Waals surface area contributed by atoms with Gasteiger partial charge in [-0.3, -0.25) is 0 Å². The van der Waals surface area contributed by atoms with E-state index in [0.717, 1.165) is 43.2 Å². The van der Waals surface area contributed by atoms with Crippen LogP contribution < -0.4 is 5.32 Å². The third-order valence-corrected chi connectivity index (χ3v) is 5.64. The number of nitriles is 1. The molecule has 2 fully saturated rings. The van der Waals surface area contributed by atoms with E-state index in [1.165, 1.54) is 25.9 Å².